The third-order valence-corrected chi connectivity index (χ3v) is 7.64. The summed E-state index contributed by atoms with van der Waals surface area (Å²) in [5.41, 5.74) is -0.598. The molecule has 0 spiro atoms. The molecule has 0 amide bonds. The predicted octanol–water partition coefficient (Wildman–Crippen LogP) is 3.90. The smallest absolute Gasteiger partial charge is 0.308 e. The summed E-state index contributed by atoms with van der Waals surface area (Å²) in [6, 6.07) is 0.763. The minimum atomic E-state index is -1.07. The van der Waals surface area contributed by atoms with Crippen molar-refractivity contribution in [3.63, 3.8) is 0 Å². The number of hydrogen-bond donors (Lipinski definition) is 3. The molecule has 2 atom stereocenters. The van der Waals surface area contributed by atoms with Crippen molar-refractivity contribution in [1.82, 2.24) is 25.1 Å². The van der Waals surface area contributed by atoms with Gasteiger partial charge in [0.25, 0.3) is 5.54 Å². The lowest BCUT2D eigenvalue weighted by atomic mass is 9.61. The first-order chi connectivity index (χ1) is 16.4. The standard InChI is InChI=1S/C23H21F2N7O2/c1-26-23(6-7-23)18-15(25)20(28-16-11-4-2-10(3-5-11)14(16)22(33)34)30-21(29-18)17-13-8-12(24)9-27-19(13)32-31-17/h8-11,14,16H,2-7H2,(H,33,34)(H,27,31,32)(H,28,29,30)/t10?,11?,14-,16-/m0/s1. The van der Waals surface area contributed by atoms with Crippen LogP contribution in [0.1, 0.15) is 44.2 Å². The summed E-state index contributed by atoms with van der Waals surface area (Å²) in [4.78, 5) is 28.4. The zero-order chi connectivity index (χ0) is 23.6. The van der Waals surface area contributed by atoms with Crippen LogP contribution < -0.4 is 5.32 Å². The van der Waals surface area contributed by atoms with Crippen LogP contribution in [0.2, 0.25) is 0 Å². The number of anilines is 1. The Labute approximate surface area is 192 Å². The molecule has 4 fully saturated rings. The van der Waals surface area contributed by atoms with Crippen molar-refractivity contribution in [3.05, 3.63) is 41.0 Å². The Morgan fingerprint density at radius 2 is 1.94 bits per heavy atom. The molecule has 0 radical (unpaired) electrons. The summed E-state index contributed by atoms with van der Waals surface area (Å²) in [5, 5.41) is 20.1. The van der Waals surface area contributed by atoms with E-state index in [0.717, 1.165) is 31.9 Å². The number of nitrogens with one attached hydrogen (secondary N) is 2. The van der Waals surface area contributed by atoms with Crippen LogP contribution in [0.5, 0.6) is 0 Å². The summed E-state index contributed by atoms with van der Waals surface area (Å²) >= 11 is 0. The Kier molecular flexibility index (Phi) is 4.56. The Balaban J connectivity index is 1.48. The van der Waals surface area contributed by atoms with E-state index in [1.807, 2.05) is 0 Å². The molecule has 34 heavy (non-hydrogen) atoms. The molecule has 3 heterocycles. The van der Waals surface area contributed by atoms with Gasteiger partial charge >= 0.3 is 5.97 Å². The van der Waals surface area contributed by atoms with E-state index in [0.29, 0.717) is 18.2 Å². The van der Waals surface area contributed by atoms with Crippen molar-refractivity contribution in [2.24, 2.45) is 17.8 Å². The van der Waals surface area contributed by atoms with E-state index in [4.69, 9.17) is 6.57 Å². The van der Waals surface area contributed by atoms with E-state index >= 15 is 4.39 Å². The second kappa shape index (κ2) is 7.41. The van der Waals surface area contributed by atoms with E-state index < -0.39 is 35.1 Å². The Morgan fingerprint density at radius 3 is 2.62 bits per heavy atom. The quantitative estimate of drug-likeness (QED) is 0.489. The first-order valence-corrected chi connectivity index (χ1v) is 11.4. The van der Waals surface area contributed by atoms with Gasteiger partial charge in [-0.1, -0.05) is 0 Å². The van der Waals surface area contributed by atoms with Gasteiger partial charge in [0.2, 0.25) is 0 Å². The number of aliphatic carboxylic acids is 1. The van der Waals surface area contributed by atoms with Crippen LogP contribution in [0, 0.1) is 36.0 Å². The number of pyridine rings is 1. The van der Waals surface area contributed by atoms with Gasteiger partial charge in [0.15, 0.2) is 28.8 Å². The van der Waals surface area contributed by atoms with Crippen molar-refractivity contribution in [2.75, 3.05) is 5.32 Å². The lowest BCUT2D eigenvalue weighted by Crippen LogP contribution is -2.51. The monoisotopic (exact) mass is 465 g/mol. The largest absolute Gasteiger partial charge is 0.481 e. The fraction of sp³-hybridized carbons (Fsp3) is 0.478. The van der Waals surface area contributed by atoms with Crippen molar-refractivity contribution >= 4 is 22.8 Å². The molecule has 11 heteroatoms. The molecule has 3 aromatic heterocycles. The number of nitrogens with zero attached hydrogens (tertiary/aromatic N) is 5. The van der Waals surface area contributed by atoms with Gasteiger partial charge in [-0.25, -0.2) is 30.3 Å². The second-order valence-corrected chi connectivity index (χ2v) is 9.53. The molecular weight excluding hydrogens is 444 g/mol. The molecule has 0 aliphatic heterocycles. The number of fused-ring (bicyclic) bond motifs is 4. The lowest BCUT2D eigenvalue weighted by molar-refractivity contribution is -0.148. The molecular formula is C23H21F2N7O2. The fourth-order valence-corrected chi connectivity index (χ4v) is 5.70. The number of hydrogen-bond acceptors (Lipinski definition) is 6. The van der Waals surface area contributed by atoms with Gasteiger partial charge in [-0.3, -0.25) is 9.89 Å². The van der Waals surface area contributed by atoms with Crippen LogP contribution in [0.25, 0.3) is 27.4 Å². The van der Waals surface area contributed by atoms with Crippen LogP contribution in [0.3, 0.4) is 0 Å². The topological polar surface area (TPSA) is 121 Å². The molecule has 7 rings (SSSR count). The minimum absolute atomic E-state index is 0.0324. The van der Waals surface area contributed by atoms with Crippen LogP contribution in [-0.2, 0) is 10.3 Å². The zero-order valence-corrected chi connectivity index (χ0v) is 18.1. The molecule has 4 aliphatic rings. The highest BCUT2D eigenvalue weighted by Gasteiger charge is 2.57. The summed E-state index contributed by atoms with van der Waals surface area (Å²) in [6.07, 6.45) is 5.43. The average molecular weight is 465 g/mol. The number of carboxylic acids is 1. The second-order valence-electron chi connectivity index (χ2n) is 9.53. The third kappa shape index (κ3) is 3.12. The Morgan fingerprint density at radius 1 is 1.21 bits per heavy atom. The molecule has 3 aromatic rings. The molecule has 0 saturated heterocycles. The van der Waals surface area contributed by atoms with Gasteiger partial charge in [0.05, 0.1) is 17.5 Å². The highest BCUT2D eigenvalue weighted by atomic mass is 19.1. The maximum atomic E-state index is 15.7. The van der Waals surface area contributed by atoms with E-state index in [-0.39, 0.29) is 40.5 Å². The summed E-state index contributed by atoms with van der Waals surface area (Å²) in [5.74, 6) is -2.81. The van der Waals surface area contributed by atoms with Gasteiger partial charge in [-0.2, -0.15) is 5.10 Å². The first-order valence-electron chi connectivity index (χ1n) is 11.4. The van der Waals surface area contributed by atoms with Gasteiger partial charge < -0.3 is 15.3 Å². The number of aromatic nitrogens is 5. The van der Waals surface area contributed by atoms with Gasteiger partial charge in [-0.15, -0.1) is 0 Å². The number of carboxylic acid groups (broad SMARTS) is 1. The Hall–Kier alpha value is -3.68. The highest BCUT2D eigenvalue weighted by molar-refractivity contribution is 5.88. The normalized spacial score (nSPS) is 26.9. The van der Waals surface area contributed by atoms with Crippen molar-refractivity contribution in [3.8, 4) is 11.5 Å². The van der Waals surface area contributed by atoms with Crippen molar-refractivity contribution < 1.29 is 18.7 Å². The Bertz CT molecular complexity index is 1360. The number of rotatable bonds is 5. The van der Waals surface area contributed by atoms with E-state index in [1.54, 1.807) is 0 Å². The summed E-state index contributed by atoms with van der Waals surface area (Å²) in [7, 11) is 0. The molecule has 0 aromatic carbocycles. The highest BCUT2D eigenvalue weighted by Crippen LogP contribution is 2.51. The molecule has 4 aliphatic carbocycles. The number of aromatic amines is 1. The maximum Gasteiger partial charge on any atom is 0.308 e. The van der Waals surface area contributed by atoms with Crippen molar-refractivity contribution in [1.29, 1.82) is 0 Å². The fourth-order valence-electron chi connectivity index (χ4n) is 5.70. The van der Waals surface area contributed by atoms with Gasteiger partial charge in [-0.05, 0) is 43.6 Å². The average Bonchev–Trinajstić information content (AvgIpc) is 3.53. The van der Waals surface area contributed by atoms with E-state index in [9.17, 15) is 14.3 Å². The molecule has 0 unspecified atom stereocenters. The zero-order valence-electron chi connectivity index (χ0n) is 18.1. The first kappa shape index (κ1) is 20.9. The summed E-state index contributed by atoms with van der Waals surface area (Å²) < 4.78 is 29.6. The molecule has 3 N–H and O–H groups in total. The van der Waals surface area contributed by atoms with Crippen LogP contribution in [-0.4, -0.2) is 42.3 Å². The van der Waals surface area contributed by atoms with Crippen LogP contribution >= 0.6 is 0 Å². The minimum Gasteiger partial charge on any atom is -0.481 e. The van der Waals surface area contributed by atoms with Crippen molar-refractivity contribution in [2.45, 2.75) is 50.1 Å². The third-order valence-electron chi connectivity index (χ3n) is 7.64. The molecule has 4 saturated carbocycles. The lowest BCUT2D eigenvalue weighted by Gasteiger charge is -2.47. The van der Waals surface area contributed by atoms with Gasteiger partial charge in [0.1, 0.15) is 11.5 Å². The van der Waals surface area contributed by atoms with E-state index in [1.165, 1.54) is 6.07 Å². The maximum absolute atomic E-state index is 15.7. The molecule has 9 nitrogen and oxygen atoms in total. The number of carbonyl (C=O) groups is 1. The van der Waals surface area contributed by atoms with E-state index in [2.05, 4.69) is 35.3 Å². The van der Waals surface area contributed by atoms with Crippen LogP contribution in [0.4, 0.5) is 14.6 Å². The number of H-pyrrole nitrogens is 1. The summed E-state index contributed by atoms with van der Waals surface area (Å²) in [6.45, 7) is 7.61. The van der Waals surface area contributed by atoms with Gasteiger partial charge in [0, 0.05) is 18.9 Å². The van der Waals surface area contributed by atoms with Crippen LogP contribution in [0.15, 0.2) is 12.3 Å². The SMILES string of the molecule is [C-]#[N+]C1(c2nc(-c3[nH]nc4ncc(F)cc34)nc(N[C@H]3C4CCC(CC4)[C@@H]3C(=O)O)c2F)CC1. The molecule has 2 bridgehead atoms. The molecule has 174 valence electrons. The predicted molar refractivity (Wildman–Crippen MR) is 116 cm³/mol. The number of halogens is 2.